The molecule has 0 radical (unpaired) electrons. The summed E-state index contributed by atoms with van der Waals surface area (Å²) in [4.78, 5) is 16.2. The van der Waals surface area contributed by atoms with Gasteiger partial charge in [0.05, 0.1) is 6.26 Å². The predicted molar refractivity (Wildman–Crippen MR) is 109 cm³/mol. The lowest BCUT2D eigenvalue weighted by Crippen LogP contribution is -2.44. The fourth-order valence-corrected chi connectivity index (χ4v) is 2.70. The van der Waals surface area contributed by atoms with Crippen LogP contribution < -0.4 is 16.0 Å². The van der Waals surface area contributed by atoms with Crippen molar-refractivity contribution in [3.05, 3.63) is 59.5 Å². The molecule has 1 heterocycles. The molecule has 0 aliphatic carbocycles. The fourth-order valence-electron chi connectivity index (χ4n) is 2.70. The van der Waals surface area contributed by atoms with Crippen LogP contribution in [0.2, 0.25) is 0 Å². The minimum atomic E-state index is -0.176. The van der Waals surface area contributed by atoms with E-state index in [0.717, 1.165) is 24.5 Å². The highest BCUT2D eigenvalue weighted by Crippen LogP contribution is 2.21. The number of hydrogen-bond acceptors (Lipinski definition) is 3. The number of carbonyl (C=O) groups excluding carboxylic acids is 1. The van der Waals surface area contributed by atoms with E-state index < -0.39 is 0 Å². The summed E-state index contributed by atoms with van der Waals surface area (Å²) in [6, 6.07) is 12.2. The average molecular weight is 370 g/mol. The number of aryl methyl sites for hydroxylation is 1. The van der Waals surface area contributed by atoms with Crippen LogP contribution in [0, 0.1) is 6.92 Å². The van der Waals surface area contributed by atoms with Crippen molar-refractivity contribution < 1.29 is 9.21 Å². The number of amides is 1. The van der Waals surface area contributed by atoms with Crippen molar-refractivity contribution in [2.24, 2.45) is 4.99 Å². The lowest BCUT2D eigenvalue weighted by atomic mass is 9.85. The molecule has 27 heavy (non-hydrogen) atoms. The molecule has 0 saturated heterocycles. The second-order valence-corrected chi connectivity index (χ2v) is 7.14. The van der Waals surface area contributed by atoms with Crippen LogP contribution in [0.5, 0.6) is 0 Å². The molecule has 146 valence electrons. The summed E-state index contributed by atoms with van der Waals surface area (Å²) >= 11 is 0. The van der Waals surface area contributed by atoms with E-state index in [2.05, 4.69) is 59.1 Å². The van der Waals surface area contributed by atoms with E-state index in [9.17, 15) is 4.79 Å². The Hall–Kier alpha value is -2.76. The van der Waals surface area contributed by atoms with Crippen LogP contribution in [0.4, 0.5) is 0 Å². The largest absolute Gasteiger partial charge is 0.459 e. The Morgan fingerprint density at radius 3 is 2.41 bits per heavy atom. The Morgan fingerprint density at radius 2 is 1.78 bits per heavy atom. The summed E-state index contributed by atoms with van der Waals surface area (Å²) < 4.78 is 5.18. The summed E-state index contributed by atoms with van der Waals surface area (Å²) in [6.07, 6.45) is 2.31. The van der Waals surface area contributed by atoms with Gasteiger partial charge in [-0.25, -0.2) is 0 Å². The van der Waals surface area contributed by atoms with E-state index >= 15 is 0 Å². The molecule has 0 atom stereocenters. The Bertz CT molecular complexity index is 751. The molecule has 2 rings (SSSR count). The molecule has 0 aliphatic rings. The minimum Gasteiger partial charge on any atom is -0.459 e. The standard InChI is InChI=1S/C21H30N4O2/c1-16-11-14-27-18(16)19(26)23-12-8-13-24-20(22-4)25-15-21(2,3)17-9-6-5-7-10-17/h5-7,9-11,14H,8,12-13,15H2,1-4H3,(H,23,26)(H2,22,24,25). The van der Waals surface area contributed by atoms with Gasteiger partial charge in [-0.2, -0.15) is 0 Å². The molecule has 1 aromatic heterocycles. The first-order valence-corrected chi connectivity index (χ1v) is 9.26. The molecule has 6 nitrogen and oxygen atoms in total. The van der Waals surface area contributed by atoms with E-state index in [1.165, 1.54) is 11.8 Å². The second-order valence-electron chi connectivity index (χ2n) is 7.14. The van der Waals surface area contributed by atoms with Gasteiger partial charge >= 0.3 is 0 Å². The van der Waals surface area contributed by atoms with Gasteiger partial charge in [0.1, 0.15) is 0 Å². The van der Waals surface area contributed by atoms with E-state index in [4.69, 9.17) is 4.42 Å². The minimum absolute atomic E-state index is 0.00620. The molecule has 0 unspecified atom stereocenters. The maximum absolute atomic E-state index is 12.0. The third-order valence-corrected chi connectivity index (χ3v) is 4.48. The molecule has 0 spiro atoms. The molecule has 1 amide bonds. The van der Waals surface area contributed by atoms with Crippen LogP contribution in [0.25, 0.3) is 0 Å². The van der Waals surface area contributed by atoms with Crippen molar-refractivity contribution in [1.82, 2.24) is 16.0 Å². The number of nitrogens with zero attached hydrogens (tertiary/aromatic N) is 1. The van der Waals surface area contributed by atoms with E-state index in [1.807, 2.05) is 13.0 Å². The Labute approximate surface area is 161 Å². The Balaban J connectivity index is 1.68. The average Bonchev–Trinajstić information content (AvgIpc) is 3.10. The first kappa shape index (κ1) is 20.6. The van der Waals surface area contributed by atoms with Crippen LogP contribution in [0.1, 0.15) is 41.9 Å². The molecule has 0 aliphatic heterocycles. The highest BCUT2D eigenvalue weighted by molar-refractivity contribution is 5.92. The van der Waals surface area contributed by atoms with Crippen LogP contribution in [0.15, 0.2) is 52.1 Å². The zero-order chi connectivity index (χ0) is 19.7. The zero-order valence-corrected chi connectivity index (χ0v) is 16.6. The monoisotopic (exact) mass is 370 g/mol. The number of aliphatic imine (C=N–C) groups is 1. The van der Waals surface area contributed by atoms with Crippen molar-refractivity contribution in [3.8, 4) is 0 Å². The van der Waals surface area contributed by atoms with Gasteiger partial charge in [-0.15, -0.1) is 0 Å². The topological polar surface area (TPSA) is 78.7 Å². The van der Waals surface area contributed by atoms with Crippen LogP contribution in [0.3, 0.4) is 0 Å². The highest BCUT2D eigenvalue weighted by atomic mass is 16.3. The fraction of sp³-hybridized carbons (Fsp3) is 0.429. The van der Waals surface area contributed by atoms with Crippen molar-refractivity contribution in [1.29, 1.82) is 0 Å². The van der Waals surface area contributed by atoms with Crippen molar-refractivity contribution >= 4 is 11.9 Å². The molecular weight excluding hydrogens is 340 g/mol. The molecule has 1 aromatic carbocycles. The quantitative estimate of drug-likeness (QED) is 0.379. The van der Waals surface area contributed by atoms with Crippen LogP contribution in [-0.2, 0) is 5.41 Å². The lowest BCUT2D eigenvalue weighted by Gasteiger charge is -2.26. The van der Waals surface area contributed by atoms with Crippen molar-refractivity contribution in [2.75, 3.05) is 26.7 Å². The number of nitrogens with one attached hydrogen (secondary N) is 3. The lowest BCUT2D eigenvalue weighted by molar-refractivity contribution is 0.0925. The summed E-state index contributed by atoms with van der Waals surface area (Å²) in [7, 11) is 1.76. The predicted octanol–water partition coefficient (Wildman–Crippen LogP) is 2.85. The number of carbonyl (C=O) groups is 1. The number of hydrogen-bond donors (Lipinski definition) is 3. The second kappa shape index (κ2) is 9.80. The highest BCUT2D eigenvalue weighted by Gasteiger charge is 2.20. The molecule has 6 heteroatoms. The summed E-state index contributed by atoms with van der Waals surface area (Å²) in [5, 5.41) is 9.51. The van der Waals surface area contributed by atoms with Gasteiger partial charge in [0.25, 0.3) is 5.91 Å². The first-order valence-electron chi connectivity index (χ1n) is 9.26. The SMILES string of the molecule is CN=C(NCCCNC(=O)c1occc1C)NCC(C)(C)c1ccccc1. The maximum Gasteiger partial charge on any atom is 0.287 e. The Morgan fingerprint density at radius 1 is 1.07 bits per heavy atom. The molecule has 0 fully saturated rings. The molecule has 0 saturated carbocycles. The van der Waals surface area contributed by atoms with Gasteiger partial charge in [-0.1, -0.05) is 44.2 Å². The molecule has 2 aromatic rings. The number of furan rings is 1. The van der Waals surface area contributed by atoms with E-state index in [-0.39, 0.29) is 11.3 Å². The zero-order valence-electron chi connectivity index (χ0n) is 16.6. The number of guanidine groups is 1. The molecule has 0 bridgehead atoms. The van der Waals surface area contributed by atoms with Crippen LogP contribution >= 0.6 is 0 Å². The molecular formula is C21H30N4O2. The maximum atomic E-state index is 12.0. The van der Waals surface area contributed by atoms with Gasteiger partial charge in [-0.05, 0) is 25.0 Å². The molecule has 3 N–H and O–H groups in total. The smallest absolute Gasteiger partial charge is 0.287 e. The van der Waals surface area contributed by atoms with Gasteiger partial charge in [-0.3, -0.25) is 9.79 Å². The first-order chi connectivity index (χ1) is 12.9. The third-order valence-electron chi connectivity index (χ3n) is 4.48. The third kappa shape index (κ3) is 6.16. The van der Waals surface area contributed by atoms with Crippen LogP contribution in [-0.4, -0.2) is 38.5 Å². The van der Waals surface area contributed by atoms with Crippen molar-refractivity contribution in [2.45, 2.75) is 32.6 Å². The van der Waals surface area contributed by atoms with Crippen molar-refractivity contribution in [3.63, 3.8) is 0 Å². The van der Waals surface area contributed by atoms with Gasteiger partial charge in [0.15, 0.2) is 11.7 Å². The normalized spacial score (nSPS) is 11.9. The van der Waals surface area contributed by atoms with E-state index in [1.54, 1.807) is 13.1 Å². The number of benzene rings is 1. The van der Waals surface area contributed by atoms with Gasteiger partial charge < -0.3 is 20.4 Å². The van der Waals surface area contributed by atoms with Gasteiger partial charge in [0, 0.05) is 37.7 Å². The van der Waals surface area contributed by atoms with E-state index in [0.29, 0.717) is 18.8 Å². The summed E-state index contributed by atoms with van der Waals surface area (Å²) in [5.41, 5.74) is 2.12. The summed E-state index contributed by atoms with van der Waals surface area (Å²) in [6.45, 7) is 8.31. The Kier molecular flexibility index (Phi) is 7.46. The van der Waals surface area contributed by atoms with Gasteiger partial charge in [0.2, 0.25) is 0 Å². The summed E-state index contributed by atoms with van der Waals surface area (Å²) in [5.74, 6) is 0.959. The number of rotatable bonds is 8.